The summed E-state index contributed by atoms with van der Waals surface area (Å²) < 4.78 is 1.45. The number of Topliss-reactive ketones (excluding diaryl/α,β-unsaturated/α-hetero) is 1. The molecular weight excluding hydrogens is 549 g/mol. The quantitative estimate of drug-likeness (QED) is 0.0689. The molecule has 3 aromatic carbocycles. The van der Waals surface area contributed by atoms with E-state index in [2.05, 4.69) is 116 Å². The molecule has 1 aliphatic heterocycles. The molecular formula is C33H36N2O2S2Si. The largest absolute Gasteiger partial charge is 0.356 e. The predicted molar refractivity (Wildman–Crippen MR) is 169 cm³/mol. The van der Waals surface area contributed by atoms with Gasteiger partial charge in [0.1, 0.15) is 11.6 Å². The van der Waals surface area contributed by atoms with Crippen LogP contribution in [-0.4, -0.2) is 34.8 Å². The first-order chi connectivity index (χ1) is 19.0. The van der Waals surface area contributed by atoms with E-state index in [9.17, 15) is 9.59 Å². The second-order valence-electron chi connectivity index (χ2n) is 11.9. The van der Waals surface area contributed by atoms with Crippen molar-refractivity contribution in [2.75, 3.05) is 0 Å². The number of nitrogens with zero attached hydrogens (tertiary/aromatic N) is 2. The van der Waals surface area contributed by atoms with E-state index in [0.29, 0.717) is 5.69 Å². The molecule has 1 amide bonds. The molecule has 0 aliphatic carbocycles. The summed E-state index contributed by atoms with van der Waals surface area (Å²) in [6, 6.07) is 31.4. The van der Waals surface area contributed by atoms with Crippen molar-refractivity contribution in [2.24, 2.45) is 5.92 Å². The fraction of sp³-hybridized carbons (Fsp3) is 0.303. The zero-order valence-corrected chi connectivity index (χ0v) is 26.6. The number of amides is 1. The van der Waals surface area contributed by atoms with Crippen LogP contribution in [0.4, 0.5) is 0 Å². The van der Waals surface area contributed by atoms with E-state index in [-0.39, 0.29) is 22.1 Å². The van der Waals surface area contributed by atoms with Crippen LogP contribution >= 0.6 is 23.1 Å². The molecule has 1 saturated heterocycles. The molecule has 1 fully saturated rings. The Morgan fingerprint density at radius 3 is 1.68 bits per heavy atom. The van der Waals surface area contributed by atoms with Gasteiger partial charge >= 0.3 is 0 Å². The molecule has 2 atom stereocenters. The number of rotatable bonds is 8. The molecule has 4 aromatic rings. The summed E-state index contributed by atoms with van der Waals surface area (Å²) in [6.07, 6.45) is 0. The summed E-state index contributed by atoms with van der Waals surface area (Å²) >= 11 is 3.17. The molecule has 206 valence electrons. The molecule has 40 heavy (non-hydrogen) atoms. The molecule has 1 aliphatic rings. The van der Waals surface area contributed by atoms with E-state index in [1.165, 1.54) is 11.3 Å². The van der Waals surface area contributed by atoms with Gasteiger partial charge in [-0.25, -0.2) is 4.98 Å². The first-order valence-corrected chi connectivity index (χ1v) is 18.3. The fourth-order valence-corrected chi connectivity index (χ4v) is 10.8. The number of hydrogen-bond donors (Lipinski definition) is 0. The highest BCUT2D eigenvalue weighted by molar-refractivity contribution is 8.01. The molecule has 0 bridgehead atoms. The van der Waals surface area contributed by atoms with Gasteiger partial charge in [-0.05, 0) is 28.7 Å². The van der Waals surface area contributed by atoms with E-state index in [0.717, 1.165) is 21.7 Å². The van der Waals surface area contributed by atoms with Gasteiger partial charge in [0.25, 0.3) is 0 Å². The van der Waals surface area contributed by atoms with Gasteiger partial charge in [-0.2, -0.15) is 0 Å². The lowest BCUT2D eigenvalue weighted by Gasteiger charge is -2.59. The summed E-state index contributed by atoms with van der Waals surface area (Å²) in [5.41, 5.74) is 3.74. The van der Waals surface area contributed by atoms with Crippen molar-refractivity contribution in [3.8, 4) is 0 Å². The normalized spacial score (nSPS) is 17.9. The minimum atomic E-state index is -2.34. The number of carbonyl (C=O) groups is 2. The Bertz CT molecular complexity index is 1400. The fourth-order valence-electron chi connectivity index (χ4n) is 5.32. The monoisotopic (exact) mass is 584 g/mol. The molecule has 2 heterocycles. The van der Waals surface area contributed by atoms with Gasteiger partial charge in [-0.1, -0.05) is 125 Å². The zero-order chi connectivity index (χ0) is 28.7. The summed E-state index contributed by atoms with van der Waals surface area (Å²) in [5.74, 6) is -1.02. The van der Waals surface area contributed by atoms with Crippen LogP contribution in [0.25, 0.3) is 0 Å². The minimum absolute atomic E-state index is 0.0668. The van der Waals surface area contributed by atoms with Gasteiger partial charge < -0.3 is 4.57 Å². The lowest BCUT2D eigenvalue weighted by molar-refractivity contribution is -0.140. The first-order valence-electron chi connectivity index (χ1n) is 13.6. The van der Waals surface area contributed by atoms with Crippen LogP contribution in [0.5, 0.6) is 0 Å². The molecule has 0 N–H and O–H groups in total. The van der Waals surface area contributed by atoms with Crippen molar-refractivity contribution in [3.05, 3.63) is 124 Å². The van der Waals surface area contributed by atoms with Crippen LogP contribution in [0.1, 0.15) is 53.0 Å². The van der Waals surface area contributed by atoms with Gasteiger partial charge in [-0.3, -0.25) is 9.59 Å². The lowest BCUT2D eigenvalue weighted by Crippen LogP contribution is -2.73. The number of aryl methyl sites for hydroxylation is 1. The third-order valence-corrected chi connectivity index (χ3v) is 16.6. The smallest absolute Gasteiger partial charge is 0.229 e. The van der Waals surface area contributed by atoms with E-state index in [1.807, 2.05) is 25.1 Å². The van der Waals surface area contributed by atoms with Crippen LogP contribution in [0, 0.1) is 12.8 Å². The van der Waals surface area contributed by atoms with Crippen molar-refractivity contribution in [2.45, 2.75) is 55.9 Å². The number of ketones is 1. The van der Waals surface area contributed by atoms with Gasteiger partial charge in [0.15, 0.2) is 14.0 Å². The Hall–Kier alpha value is -3.00. The standard InChI is InChI=1S/C33H36N2O2S2Si/c1-23-34-27(22-38-23)29(36)28-30(37)35(40(5,6)32(2,3)4)31(28)39-33(24-16-10-7-11-17-24,25-18-12-8-13-19-25)26-20-14-9-15-21-26/h7-22,28,31H,1-6H3. The molecule has 0 spiro atoms. The van der Waals surface area contributed by atoms with Gasteiger partial charge in [0.05, 0.1) is 15.1 Å². The summed E-state index contributed by atoms with van der Waals surface area (Å²) in [6.45, 7) is 13.0. The van der Waals surface area contributed by atoms with E-state index >= 15 is 0 Å². The number of β-lactam (4-membered cyclic amide) rings is 1. The van der Waals surface area contributed by atoms with Crippen LogP contribution in [-0.2, 0) is 9.54 Å². The topological polar surface area (TPSA) is 50.3 Å². The van der Waals surface area contributed by atoms with Gasteiger partial charge in [0, 0.05) is 5.38 Å². The molecule has 2 unspecified atom stereocenters. The van der Waals surface area contributed by atoms with Crippen molar-refractivity contribution in [3.63, 3.8) is 0 Å². The molecule has 1 aromatic heterocycles. The van der Waals surface area contributed by atoms with Gasteiger partial charge in [-0.15, -0.1) is 23.1 Å². The minimum Gasteiger partial charge on any atom is -0.356 e. The van der Waals surface area contributed by atoms with Crippen LogP contribution < -0.4 is 0 Å². The second kappa shape index (κ2) is 10.8. The van der Waals surface area contributed by atoms with E-state index in [4.69, 9.17) is 0 Å². The molecule has 5 rings (SSSR count). The second-order valence-corrected chi connectivity index (χ2v) is 19.4. The summed E-state index contributed by atoms with van der Waals surface area (Å²) in [5, 5.41) is 2.19. The van der Waals surface area contributed by atoms with Crippen LogP contribution in [0.15, 0.2) is 96.4 Å². The van der Waals surface area contributed by atoms with Crippen LogP contribution in [0.3, 0.4) is 0 Å². The maximum Gasteiger partial charge on any atom is 0.229 e. The van der Waals surface area contributed by atoms with Crippen molar-refractivity contribution >= 4 is 43.0 Å². The number of thiazole rings is 1. The Morgan fingerprint density at radius 2 is 1.30 bits per heavy atom. The highest BCUT2D eigenvalue weighted by atomic mass is 32.2. The maximum absolute atomic E-state index is 14.1. The molecule has 4 nitrogen and oxygen atoms in total. The highest BCUT2D eigenvalue weighted by Gasteiger charge is 2.62. The number of thioether (sulfide) groups is 1. The van der Waals surface area contributed by atoms with Crippen molar-refractivity contribution in [1.82, 2.24) is 9.55 Å². The Labute approximate surface area is 247 Å². The third-order valence-electron chi connectivity index (χ3n) is 8.47. The summed E-state index contributed by atoms with van der Waals surface area (Å²) in [7, 11) is -2.34. The van der Waals surface area contributed by atoms with Gasteiger partial charge in [0.2, 0.25) is 5.91 Å². The van der Waals surface area contributed by atoms with Crippen LogP contribution in [0.2, 0.25) is 18.1 Å². The molecule has 7 heteroatoms. The maximum atomic E-state index is 14.1. The van der Waals surface area contributed by atoms with E-state index < -0.39 is 18.9 Å². The average molecular weight is 585 g/mol. The molecule has 0 radical (unpaired) electrons. The third kappa shape index (κ3) is 4.78. The Balaban J connectivity index is 1.73. The molecule has 0 saturated carbocycles. The van der Waals surface area contributed by atoms with E-state index in [1.54, 1.807) is 17.1 Å². The van der Waals surface area contributed by atoms with Crippen molar-refractivity contribution in [1.29, 1.82) is 0 Å². The number of hydrogen-bond acceptors (Lipinski definition) is 5. The first kappa shape index (κ1) is 28.5. The zero-order valence-electron chi connectivity index (χ0n) is 23.9. The average Bonchev–Trinajstić information content (AvgIpc) is 3.38. The SMILES string of the molecule is Cc1nc(C(=O)C2C(=O)N([Si](C)(C)C(C)(C)C)C2SC(c2ccccc2)(c2ccccc2)c2ccccc2)cs1. The number of carbonyl (C=O) groups excluding carboxylic acids is 2. The lowest BCUT2D eigenvalue weighted by atomic mass is 9.84. The summed E-state index contributed by atoms with van der Waals surface area (Å²) in [4.78, 5) is 32.6. The Kier molecular flexibility index (Phi) is 7.68. The Morgan fingerprint density at radius 1 is 0.850 bits per heavy atom. The number of aromatic nitrogens is 1. The number of benzene rings is 3. The van der Waals surface area contributed by atoms with Crippen molar-refractivity contribution < 1.29 is 9.59 Å². The predicted octanol–water partition coefficient (Wildman–Crippen LogP) is 8.15. The highest BCUT2D eigenvalue weighted by Crippen LogP contribution is 2.57.